The summed E-state index contributed by atoms with van der Waals surface area (Å²) in [6.45, 7) is 11.2. The van der Waals surface area contributed by atoms with Crippen molar-refractivity contribution in [1.29, 1.82) is 5.41 Å². The van der Waals surface area contributed by atoms with Gasteiger partial charge in [0.25, 0.3) is 5.96 Å². The summed E-state index contributed by atoms with van der Waals surface area (Å²) in [5.74, 6) is -0.608. The Balaban J connectivity index is 5.06. The molecule has 2 atom stereocenters. The lowest BCUT2D eigenvalue weighted by molar-refractivity contribution is -0.525. The maximum absolute atomic E-state index is 13.2. The van der Waals surface area contributed by atoms with Crippen LogP contribution in [0.2, 0.25) is 0 Å². The number of carbonyl (C=O) groups excluding carboxylic acids is 2. The second-order valence-electron chi connectivity index (χ2n) is 8.60. The lowest BCUT2D eigenvalue weighted by Crippen LogP contribution is -2.53. The van der Waals surface area contributed by atoms with Crippen LogP contribution >= 0.6 is 0 Å². The van der Waals surface area contributed by atoms with Gasteiger partial charge in [-0.05, 0) is 52.9 Å². The third kappa shape index (κ3) is 12.6. The Kier molecular flexibility index (Phi) is 12.5. The molecule has 0 radical (unpaired) electrons. The molecule has 0 bridgehead atoms. The number of aliphatic hydroxyl groups is 1. The summed E-state index contributed by atoms with van der Waals surface area (Å²) in [5.41, 5.74) is 0.997. The van der Waals surface area contributed by atoms with Gasteiger partial charge in [-0.15, -0.1) is 0 Å². The first-order valence-electron chi connectivity index (χ1n) is 10.4. The zero-order valence-corrected chi connectivity index (χ0v) is 19.4. The Morgan fingerprint density at radius 1 is 1.29 bits per heavy atom. The van der Waals surface area contributed by atoms with Crippen LogP contribution in [0, 0.1) is 21.4 Å². The summed E-state index contributed by atoms with van der Waals surface area (Å²) in [7, 11) is 0. The van der Waals surface area contributed by atoms with Crippen LogP contribution in [0.1, 0.15) is 60.8 Å². The molecule has 0 unspecified atom stereocenters. The van der Waals surface area contributed by atoms with Crippen LogP contribution in [0.3, 0.4) is 0 Å². The van der Waals surface area contributed by atoms with Gasteiger partial charge in [0, 0.05) is 13.1 Å². The fraction of sp³-hybridized carbons (Fsp3) is 0.842. The van der Waals surface area contributed by atoms with Crippen LogP contribution in [0.5, 0.6) is 0 Å². The smallest absolute Gasteiger partial charge is 0.408 e. The van der Waals surface area contributed by atoms with E-state index < -0.39 is 34.8 Å². The van der Waals surface area contributed by atoms with Crippen LogP contribution in [0.15, 0.2) is 0 Å². The molecule has 31 heavy (non-hydrogen) atoms. The van der Waals surface area contributed by atoms with Gasteiger partial charge >= 0.3 is 6.09 Å². The van der Waals surface area contributed by atoms with Crippen molar-refractivity contribution in [2.75, 3.05) is 19.7 Å². The molecule has 0 aromatic rings. The number of hydrazine groups is 1. The molecule has 180 valence electrons. The fourth-order valence-corrected chi connectivity index (χ4v) is 2.96. The average molecular weight is 447 g/mol. The molecular formula is C19H38N6O6. The van der Waals surface area contributed by atoms with Gasteiger partial charge in [0.1, 0.15) is 11.6 Å². The predicted octanol–water partition coefficient (Wildman–Crippen LogP) is 1.22. The fourth-order valence-electron chi connectivity index (χ4n) is 2.96. The molecule has 0 saturated carbocycles. The molecule has 0 rings (SSSR count). The number of guanidine groups is 1. The quantitative estimate of drug-likeness (QED) is 0.0979. The lowest BCUT2D eigenvalue weighted by atomic mass is 10.0. The largest absolute Gasteiger partial charge is 0.444 e. The first-order valence-corrected chi connectivity index (χ1v) is 10.4. The minimum absolute atomic E-state index is 0.138. The van der Waals surface area contributed by atoms with Gasteiger partial charge in [-0.3, -0.25) is 10.2 Å². The number of rotatable bonds is 12. The van der Waals surface area contributed by atoms with E-state index in [1.165, 1.54) is 4.90 Å². The number of hydrogen-bond acceptors (Lipinski definition) is 7. The van der Waals surface area contributed by atoms with Crippen molar-refractivity contribution < 1.29 is 24.5 Å². The van der Waals surface area contributed by atoms with E-state index in [1.54, 1.807) is 33.1 Å². The van der Waals surface area contributed by atoms with E-state index >= 15 is 0 Å². The average Bonchev–Trinajstić information content (AvgIpc) is 2.60. The van der Waals surface area contributed by atoms with Gasteiger partial charge in [-0.1, -0.05) is 19.3 Å². The van der Waals surface area contributed by atoms with E-state index in [9.17, 15) is 24.8 Å². The van der Waals surface area contributed by atoms with Gasteiger partial charge in [0.05, 0.1) is 12.6 Å². The number of alkyl carbamates (subject to hydrolysis) is 1. The van der Waals surface area contributed by atoms with Crippen LogP contribution < -0.4 is 16.1 Å². The number of likely N-dealkylation sites (N-methyl/N-ethyl adjacent to an activating group) is 1. The zero-order chi connectivity index (χ0) is 24.2. The summed E-state index contributed by atoms with van der Waals surface area (Å²) < 4.78 is 5.28. The second-order valence-corrected chi connectivity index (χ2v) is 8.60. The molecule has 0 aromatic heterocycles. The molecule has 0 fully saturated rings. The van der Waals surface area contributed by atoms with E-state index in [-0.39, 0.29) is 25.0 Å². The standard InChI is InChI=1S/C19H38N6O6/c1-7-24(14(12-26)9-8-10-21-17(20)23-25(29)30)16(27)15(11-13(2)3)22-18(28)31-19(4,5)6/h13-15,26H,7-12H2,1-6H3,(H,22,28)(H3,20,21,23)/t14-,15-/m0/s1. The van der Waals surface area contributed by atoms with Crippen molar-refractivity contribution in [3.8, 4) is 0 Å². The van der Waals surface area contributed by atoms with E-state index in [4.69, 9.17) is 10.1 Å². The topological polar surface area (TPSA) is 170 Å². The first kappa shape index (κ1) is 28.4. The van der Waals surface area contributed by atoms with Crippen molar-refractivity contribution in [1.82, 2.24) is 21.0 Å². The molecule has 12 heteroatoms. The third-order valence-electron chi connectivity index (χ3n) is 4.19. The number of hydrogen-bond donors (Lipinski definition) is 5. The molecule has 0 aromatic carbocycles. The summed E-state index contributed by atoms with van der Waals surface area (Å²) in [5, 5.41) is 31.8. The SMILES string of the molecule is CCN(C(=O)[C@H](CC(C)C)NC(=O)OC(C)(C)C)[C@H](CO)CCCNC(=N)N[N+](=O)[O-]. The van der Waals surface area contributed by atoms with Crippen LogP contribution in [-0.2, 0) is 9.53 Å². The monoisotopic (exact) mass is 446 g/mol. The highest BCUT2D eigenvalue weighted by Crippen LogP contribution is 2.15. The normalized spacial score (nSPS) is 13.2. The maximum atomic E-state index is 13.2. The molecule has 0 saturated heterocycles. The van der Waals surface area contributed by atoms with Crippen molar-refractivity contribution in [3.63, 3.8) is 0 Å². The molecule has 0 aliphatic rings. The van der Waals surface area contributed by atoms with E-state index in [2.05, 4.69) is 10.6 Å². The van der Waals surface area contributed by atoms with Crippen LogP contribution in [-0.4, -0.2) is 70.4 Å². The zero-order valence-electron chi connectivity index (χ0n) is 19.4. The molecule has 0 aliphatic carbocycles. The summed E-state index contributed by atoms with van der Waals surface area (Å²) in [6, 6.07) is -1.29. The molecule has 0 heterocycles. The van der Waals surface area contributed by atoms with Gasteiger partial charge in [0.2, 0.25) is 5.91 Å². The van der Waals surface area contributed by atoms with Gasteiger partial charge < -0.3 is 25.4 Å². The lowest BCUT2D eigenvalue weighted by Gasteiger charge is -2.34. The number of carbonyl (C=O) groups is 2. The molecule has 12 nitrogen and oxygen atoms in total. The summed E-state index contributed by atoms with van der Waals surface area (Å²) in [6.07, 6.45) is 0.614. The maximum Gasteiger partial charge on any atom is 0.408 e. The number of nitro groups is 1. The number of nitrogens with zero attached hydrogens (tertiary/aromatic N) is 2. The Morgan fingerprint density at radius 2 is 1.90 bits per heavy atom. The Labute approximate surface area is 183 Å². The number of nitrogens with one attached hydrogen (secondary N) is 4. The molecule has 5 N–H and O–H groups in total. The summed E-state index contributed by atoms with van der Waals surface area (Å²) >= 11 is 0. The van der Waals surface area contributed by atoms with Gasteiger partial charge in [0.15, 0.2) is 5.03 Å². The van der Waals surface area contributed by atoms with Crippen LogP contribution in [0.4, 0.5) is 4.79 Å². The third-order valence-corrected chi connectivity index (χ3v) is 4.19. The number of ether oxygens (including phenoxy) is 1. The van der Waals surface area contributed by atoms with Crippen molar-refractivity contribution in [2.45, 2.75) is 78.5 Å². The van der Waals surface area contributed by atoms with Crippen molar-refractivity contribution in [3.05, 3.63) is 10.1 Å². The highest BCUT2D eigenvalue weighted by Gasteiger charge is 2.31. The van der Waals surface area contributed by atoms with Crippen molar-refractivity contribution >= 4 is 18.0 Å². The summed E-state index contributed by atoms with van der Waals surface area (Å²) in [4.78, 5) is 37.2. The van der Waals surface area contributed by atoms with Crippen molar-refractivity contribution in [2.24, 2.45) is 5.92 Å². The Bertz CT molecular complexity index is 607. The number of amides is 2. The molecular weight excluding hydrogens is 408 g/mol. The number of aliphatic hydroxyl groups excluding tert-OH is 1. The predicted molar refractivity (Wildman–Crippen MR) is 116 cm³/mol. The van der Waals surface area contributed by atoms with Gasteiger partial charge in [-0.2, -0.15) is 0 Å². The first-order chi connectivity index (χ1) is 14.3. The molecule has 0 aliphatic heterocycles. The Morgan fingerprint density at radius 3 is 2.35 bits per heavy atom. The molecule has 2 amide bonds. The van der Waals surface area contributed by atoms with E-state index in [0.29, 0.717) is 25.8 Å². The van der Waals surface area contributed by atoms with Crippen LogP contribution in [0.25, 0.3) is 0 Å². The minimum atomic E-state index is -0.837. The van der Waals surface area contributed by atoms with E-state index in [1.807, 2.05) is 13.8 Å². The van der Waals surface area contributed by atoms with E-state index in [0.717, 1.165) is 0 Å². The minimum Gasteiger partial charge on any atom is -0.444 e. The Hall–Kier alpha value is -2.63. The molecule has 0 spiro atoms. The second kappa shape index (κ2) is 13.6. The highest BCUT2D eigenvalue weighted by atomic mass is 16.7. The van der Waals surface area contributed by atoms with Gasteiger partial charge in [-0.25, -0.2) is 14.9 Å². The highest BCUT2D eigenvalue weighted by molar-refractivity contribution is 5.86.